The van der Waals surface area contributed by atoms with Crippen LogP contribution in [0.25, 0.3) is 5.65 Å². The predicted molar refractivity (Wildman–Crippen MR) is 97.8 cm³/mol. The highest BCUT2D eigenvalue weighted by atomic mass is 32.2. The minimum atomic E-state index is -3.64. The molecule has 1 N–H and O–H groups in total. The van der Waals surface area contributed by atoms with Gasteiger partial charge in [0.05, 0.1) is 10.6 Å². The fraction of sp³-hybridized carbons (Fsp3) is 0.167. The third-order valence-electron chi connectivity index (χ3n) is 4.10. The molecule has 27 heavy (non-hydrogen) atoms. The minimum Gasteiger partial charge on any atom is -0.458 e. The first kappa shape index (κ1) is 17.2. The highest BCUT2D eigenvalue weighted by Gasteiger charge is 2.31. The third-order valence-corrected chi connectivity index (χ3v) is 5.50. The van der Waals surface area contributed by atoms with Crippen LogP contribution in [0, 0.1) is 0 Å². The SMILES string of the molecule is C[C@H](N=C1NS(=O)(=O)c2ccccc21)C(=O)OCc1cn2ccccc2n1. The number of carbonyl (C=O) groups is 1. The summed E-state index contributed by atoms with van der Waals surface area (Å²) in [7, 11) is -3.64. The first-order valence-corrected chi connectivity index (χ1v) is 9.71. The average Bonchev–Trinajstić information content (AvgIpc) is 3.18. The number of carbonyl (C=O) groups excluding carboxylic acids is 1. The number of fused-ring (bicyclic) bond motifs is 2. The van der Waals surface area contributed by atoms with E-state index in [0.29, 0.717) is 11.3 Å². The molecule has 0 aliphatic carbocycles. The molecule has 0 fully saturated rings. The van der Waals surface area contributed by atoms with E-state index in [1.54, 1.807) is 31.3 Å². The standard InChI is InChI=1S/C18H16N4O4S/c1-12(19-17-14-6-2-3-7-15(14)27(24,25)21-17)18(23)26-11-13-10-22-9-5-4-8-16(22)20-13/h2-10,12H,11H2,1H3,(H,19,21)/t12-/m0/s1. The molecular formula is C18H16N4O4S. The van der Waals surface area contributed by atoms with Crippen molar-refractivity contribution in [2.45, 2.75) is 24.5 Å². The van der Waals surface area contributed by atoms with Gasteiger partial charge >= 0.3 is 5.97 Å². The number of aliphatic imine (C=N–C) groups is 1. The summed E-state index contributed by atoms with van der Waals surface area (Å²) in [6.07, 6.45) is 3.63. The lowest BCUT2D eigenvalue weighted by Crippen LogP contribution is -2.26. The Bertz CT molecular complexity index is 1130. The molecule has 1 aromatic carbocycles. The van der Waals surface area contributed by atoms with Crippen LogP contribution in [0.2, 0.25) is 0 Å². The largest absolute Gasteiger partial charge is 0.458 e. The summed E-state index contributed by atoms with van der Waals surface area (Å²) in [4.78, 5) is 20.9. The van der Waals surface area contributed by atoms with Gasteiger partial charge in [0.1, 0.15) is 24.1 Å². The topological polar surface area (TPSA) is 102 Å². The van der Waals surface area contributed by atoms with Gasteiger partial charge in [0, 0.05) is 18.0 Å². The number of sulfonamides is 1. The molecule has 0 amide bonds. The number of esters is 1. The van der Waals surface area contributed by atoms with Crippen LogP contribution in [-0.2, 0) is 26.2 Å². The van der Waals surface area contributed by atoms with Crippen molar-refractivity contribution in [3.05, 3.63) is 66.1 Å². The lowest BCUT2D eigenvalue weighted by atomic mass is 10.2. The molecule has 0 unspecified atom stereocenters. The lowest BCUT2D eigenvalue weighted by Gasteiger charge is -2.08. The van der Waals surface area contributed by atoms with Gasteiger partial charge in [-0.15, -0.1) is 0 Å². The Balaban J connectivity index is 1.47. The summed E-state index contributed by atoms with van der Waals surface area (Å²) >= 11 is 0. The summed E-state index contributed by atoms with van der Waals surface area (Å²) in [5.74, 6) is -0.425. The Kier molecular flexibility index (Phi) is 4.15. The number of hydrogen-bond donors (Lipinski definition) is 1. The van der Waals surface area contributed by atoms with Crippen molar-refractivity contribution in [1.82, 2.24) is 14.1 Å². The molecule has 0 spiro atoms. The highest BCUT2D eigenvalue weighted by molar-refractivity contribution is 7.90. The van der Waals surface area contributed by atoms with E-state index in [1.165, 1.54) is 6.07 Å². The van der Waals surface area contributed by atoms with Gasteiger partial charge in [0.25, 0.3) is 10.0 Å². The molecule has 0 saturated carbocycles. The number of imidazole rings is 1. The maximum Gasteiger partial charge on any atom is 0.331 e. The Hall–Kier alpha value is -3.20. The number of nitrogens with one attached hydrogen (secondary N) is 1. The normalized spacial score (nSPS) is 17.4. The summed E-state index contributed by atoms with van der Waals surface area (Å²) in [6.45, 7) is 1.56. The van der Waals surface area contributed by atoms with Crippen molar-refractivity contribution in [2.75, 3.05) is 0 Å². The van der Waals surface area contributed by atoms with E-state index in [1.807, 2.05) is 28.8 Å². The van der Waals surface area contributed by atoms with E-state index < -0.39 is 22.0 Å². The Morgan fingerprint density at radius 1 is 1.26 bits per heavy atom. The monoisotopic (exact) mass is 384 g/mol. The van der Waals surface area contributed by atoms with Crippen LogP contribution in [0.3, 0.4) is 0 Å². The van der Waals surface area contributed by atoms with Crippen LogP contribution in [0.1, 0.15) is 18.2 Å². The summed E-state index contributed by atoms with van der Waals surface area (Å²) in [6, 6.07) is 11.2. The number of ether oxygens (including phenoxy) is 1. The van der Waals surface area contributed by atoms with Crippen molar-refractivity contribution in [3.8, 4) is 0 Å². The van der Waals surface area contributed by atoms with E-state index in [0.717, 1.165) is 5.65 Å². The van der Waals surface area contributed by atoms with Crippen molar-refractivity contribution >= 4 is 27.5 Å². The second-order valence-electron chi connectivity index (χ2n) is 6.06. The quantitative estimate of drug-likeness (QED) is 0.687. The van der Waals surface area contributed by atoms with Crippen LogP contribution in [0.5, 0.6) is 0 Å². The molecule has 3 aromatic rings. The van der Waals surface area contributed by atoms with Gasteiger partial charge in [-0.2, -0.15) is 0 Å². The zero-order chi connectivity index (χ0) is 19.0. The maximum absolute atomic E-state index is 12.3. The number of amidine groups is 1. The molecule has 1 atom stereocenters. The molecule has 1 aliphatic rings. The number of rotatable bonds is 4. The molecule has 1 aliphatic heterocycles. The fourth-order valence-corrected chi connectivity index (χ4v) is 4.04. The molecule has 2 aromatic heterocycles. The summed E-state index contributed by atoms with van der Waals surface area (Å²) in [5.41, 5.74) is 1.81. The molecule has 3 heterocycles. The van der Waals surface area contributed by atoms with Gasteiger partial charge in [-0.3, -0.25) is 9.71 Å². The van der Waals surface area contributed by atoms with Crippen molar-refractivity contribution in [1.29, 1.82) is 0 Å². The predicted octanol–water partition coefficient (Wildman–Crippen LogP) is 1.50. The molecule has 4 rings (SSSR count). The van der Waals surface area contributed by atoms with Crippen LogP contribution >= 0.6 is 0 Å². The number of nitrogens with zero attached hydrogens (tertiary/aromatic N) is 3. The molecule has 0 saturated heterocycles. The van der Waals surface area contributed by atoms with Crippen molar-refractivity contribution in [2.24, 2.45) is 4.99 Å². The Morgan fingerprint density at radius 2 is 2.04 bits per heavy atom. The van der Waals surface area contributed by atoms with Crippen molar-refractivity contribution < 1.29 is 17.9 Å². The average molecular weight is 384 g/mol. The molecular weight excluding hydrogens is 368 g/mol. The molecule has 0 radical (unpaired) electrons. The van der Waals surface area contributed by atoms with Gasteiger partial charge in [-0.25, -0.2) is 18.2 Å². The number of aromatic nitrogens is 2. The molecule has 9 heteroatoms. The van der Waals surface area contributed by atoms with Gasteiger partial charge in [-0.05, 0) is 31.2 Å². The lowest BCUT2D eigenvalue weighted by molar-refractivity contribution is -0.146. The van der Waals surface area contributed by atoms with Gasteiger partial charge in [0.15, 0.2) is 0 Å². The van der Waals surface area contributed by atoms with Crippen LogP contribution in [-0.4, -0.2) is 35.6 Å². The Labute approximate surface area is 155 Å². The van der Waals surface area contributed by atoms with Gasteiger partial charge in [-0.1, -0.05) is 18.2 Å². The number of hydrogen-bond acceptors (Lipinski definition) is 6. The number of benzene rings is 1. The van der Waals surface area contributed by atoms with Gasteiger partial charge < -0.3 is 9.14 Å². The van der Waals surface area contributed by atoms with Crippen LogP contribution in [0.4, 0.5) is 0 Å². The van der Waals surface area contributed by atoms with E-state index in [-0.39, 0.29) is 17.3 Å². The van der Waals surface area contributed by atoms with E-state index in [9.17, 15) is 13.2 Å². The minimum absolute atomic E-state index is 0.0119. The molecule has 138 valence electrons. The highest BCUT2D eigenvalue weighted by Crippen LogP contribution is 2.22. The Morgan fingerprint density at radius 3 is 2.85 bits per heavy atom. The second-order valence-corrected chi connectivity index (χ2v) is 7.71. The first-order chi connectivity index (χ1) is 12.9. The zero-order valence-electron chi connectivity index (χ0n) is 14.4. The van der Waals surface area contributed by atoms with E-state index in [2.05, 4.69) is 14.7 Å². The first-order valence-electron chi connectivity index (χ1n) is 8.23. The fourth-order valence-electron chi connectivity index (χ4n) is 2.80. The van der Waals surface area contributed by atoms with Crippen LogP contribution < -0.4 is 4.72 Å². The van der Waals surface area contributed by atoms with Crippen molar-refractivity contribution in [3.63, 3.8) is 0 Å². The van der Waals surface area contributed by atoms with Gasteiger partial charge in [0.2, 0.25) is 0 Å². The second kappa shape index (κ2) is 6.51. The van der Waals surface area contributed by atoms with Crippen LogP contribution in [0.15, 0.2) is 64.7 Å². The maximum atomic E-state index is 12.3. The smallest absolute Gasteiger partial charge is 0.331 e. The number of pyridine rings is 1. The summed E-state index contributed by atoms with van der Waals surface area (Å²) < 4.78 is 33.7. The summed E-state index contributed by atoms with van der Waals surface area (Å²) in [5, 5.41) is 0. The van der Waals surface area contributed by atoms with E-state index in [4.69, 9.17) is 4.74 Å². The zero-order valence-corrected chi connectivity index (χ0v) is 15.2. The molecule has 0 bridgehead atoms. The van der Waals surface area contributed by atoms with E-state index >= 15 is 0 Å². The molecule has 8 nitrogen and oxygen atoms in total. The third kappa shape index (κ3) is 3.28.